The highest BCUT2D eigenvalue weighted by Gasteiger charge is 2.23. The van der Waals surface area contributed by atoms with Gasteiger partial charge in [0.05, 0.1) is 5.69 Å². The van der Waals surface area contributed by atoms with Crippen LogP contribution in [0, 0.1) is 0 Å². The van der Waals surface area contributed by atoms with Crippen LogP contribution < -0.4 is 10.6 Å². The van der Waals surface area contributed by atoms with Crippen molar-refractivity contribution < 1.29 is 4.79 Å². The molecule has 0 saturated heterocycles. The molecule has 0 radical (unpaired) electrons. The van der Waals surface area contributed by atoms with Crippen molar-refractivity contribution in [2.45, 2.75) is 58.7 Å². The Balaban J connectivity index is 1.60. The third-order valence-corrected chi connectivity index (χ3v) is 5.03. The lowest BCUT2D eigenvalue weighted by Gasteiger charge is -2.30. The first-order chi connectivity index (χ1) is 13.4. The highest BCUT2D eigenvalue weighted by Crippen LogP contribution is 2.21. The molecule has 0 atom stereocenters. The highest BCUT2D eigenvalue weighted by molar-refractivity contribution is 5.95. The summed E-state index contributed by atoms with van der Waals surface area (Å²) in [4.78, 5) is 23.3. The van der Waals surface area contributed by atoms with Crippen LogP contribution in [0.2, 0.25) is 0 Å². The number of carbonyl (C=O) groups excluding carboxylic acids is 1. The summed E-state index contributed by atoms with van der Waals surface area (Å²) in [7, 11) is 0. The maximum absolute atomic E-state index is 12.1. The molecule has 0 bridgehead atoms. The van der Waals surface area contributed by atoms with Crippen LogP contribution in [-0.4, -0.2) is 52.0 Å². The van der Waals surface area contributed by atoms with Crippen LogP contribution in [0.5, 0.6) is 0 Å². The number of hydrogen-bond donors (Lipinski definition) is 2. The van der Waals surface area contributed by atoms with Gasteiger partial charge in [-0.3, -0.25) is 9.69 Å². The molecular weight excluding hydrogens is 350 g/mol. The van der Waals surface area contributed by atoms with Crippen molar-refractivity contribution in [1.29, 1.82) is 0 Å². The van der Waals surface area contributed by atoms with Gasteiger partial charge >= 0.3 is 0 Å². The van der Waals surface area contributed by atoms with E-state index >= 15 is 0 Å². The highest BCUT2D eigenvalue weighted by atomic mass is 16.1. The number of carbonyl (C=O) groups is 1. The molecule has 1 amide bonds. The van der Waals surface area contributed by atoms with Crippen LogP contribution in [0.25, 0.3) is 11.3 Å². The van der Waals surface area contributed by atoms with Gasteiger partial charge in [-0.1, -0.05) is 12.1 Å². The van der Waals surface area contributed by atoms with E-state index in [9.17, 15) is 4.79 Å². The molecule has 1 aliphatic rings. The van der Waals surface area contributed by atoms with Crippen LogP contribution in [0.1, 0.15) is 50.9 Å². The molecule has 1 aromatic heterocycles. The zero-order valence-corrected chi connectivity index (χ0v) is 17.3. The van der Waals surface area contributed by atoms with Gasteiger partial charge in [-0.2, -0.15) is 0 Å². The van der Waals surface area contributed by atoms with Gasteiger partial charge in [0.15, 0.2) is 0 Å². The summed E-state index contributed by atoms with van der Waals surface area (Å²) in [6.45, 7) is 10.7. The Morgan fingerprint density at radius 1 is 1.11 bits per heavy atom. The lowest BCUT2D eigenvalue weighted by molar-refractivity contribution is 0.0951. The molecule has 2 N–H and O–H groups in total. The molecule has 2 aromatic rings. The third kappa shape index (κ3) is 5.52. The number of anilines is 1. The van der Waals surface area contributed by atoms with Gasteiger partial charge in [-0.25, -0.2) is 9.97 Å². The predicted octanol–water partition coefficient (Wildman–Crippen LogP) is 3.57. The van der Waals surface area contributed by atoms with Gasteiger partial charge in [0.25, 0.3) is 5.91 Å². The van der Waals surface area contributed by atoms with Gasteiger partial charge < -0.3 is 10.6 Å². The second-order valence-corrected chi connectivity index (χ2v) is 7.97. The molecule has 1 heterocycles. The van der Waals surface area contributed by atoms with E-state index in [4.69, 9.17) is 0 Å². The number of benzene rings is 1. The van der Waals surface area contributed by atoms with Crippen LogP contribution in [0.4, 0.5) is 5.82 Å². The smallest absolute Gasteiger partial charge is 0.251 e. The van der Waals surface area contributed by atoms with Gasteiger partial charge in [0.2, 0.25) is 0 Å². The quantitative estimate of drug-likeness (QED) is 0.695. The van der Waals surface area contributed by atoms with Gasteiger partial charge in [0.1, 0.15) is 12.1 Å². The number of nitrogens with zero attached hydrogens (tertiary/aromatic N) is 3. The fourth-order valence-electron chi connectivity index (χ4n) is 3.33. The summed E-state index contributed by atoms with van der Waals surface area (Å²) >= 11 is 0. The maximum atomic E-state index is 12.1. The minimum absolute atomic E-state index is 0.000970. The molecule has 28 heavy (non-hydrogen) atoms. The standard InChI is InChI=1S/C22H31N5O/c1-15(2)27(16(3)4)12-11-23-21-13-20(24-14-25-21)17-5-7-18(8-6-17)22(28)26-19-9-10-19/h5-8,13-16,19H,9-12H2,1-4H3,(H,26,28)(H,23,24,25). The van der Waals surface area contributed by atoms with Gasteiger partial charge in [0, 0.05) is 48.4 Å². The van der Waals surface area contributed by atoms with Crippen molar-refractivity contribution in [3.8, 4) is 11.3 Å². The van der Waals surface area contributed by atoms with Crippen LogP contribution in [0.3, 0.4) is 0 Å². The van der Waals surface area contributed by atoms with E-state index in [-0.39, 0.29) is 5.91 Å². The Morgan fingerprint density at radius 3 is 2.39 bits per heavy atom. The van der Waals surface area contributed by atoms with Crippen molar-refractivity contribution in [3.63, 3.8) is 0 Å². The molecular formula is C22H31N5O. The van der Waals surface area contributed by atoms with E-state index in [2.05, 4.69) is 53.2 Å². The fraction of sp³-hybridized carbons (Fsp3) is 0.500. The largest absolute Gasteiger partial charge is 0.369 e. The Kier molecular flexibility index (Phi) is 6.62. The van der Waals surface area contributed by atoms with E-state index in [0.717, 1.165) is 43.0 Å². The monoisotopic (exact) mass is 381 g/mol. The lowest BCUT2D eigenvalue weighted by atomic mass is 10.1. The number of aromatic nitrogens is 2. The number of hydrogen-bond acceptors (Lipinski definition) is 5. The molecule has 1 fully saturated rings. The van der Waals surface area contributed by atoms with E-state index in [0.29, 0.717) is 23.7 Å². The van der Waals surface area contributed by atoms with E-state index in [1.807, 2.05) is 30.3 Å². The Bertz CT molecular complexity index is 776. The van der Waals surface area contributed by atoms with Crippen LogP contribution in [0.15, 0.2) is 36.7 Å². The Hall–Kier alpha value is -2.47. The van der Waals surface area contributed by atoms with Crippen molar-refractivity contribution in [2.75, 3.05) is 18.4 Å². The summed E-state index contributed by atoms with van der Waals surface area (Å²) in [5.41, 5.74) is 2.50. The molecule has 6 heteroatoms. The summed E-state index contributed by atoms with van der Waals surface area (Å²) in [5.74, 6) is 0.812. The number of nitrogens with one attached hydrogen (secondary N) is 2. The molecule has 3 rings (SSSR count). The first-order valence-corrected chi connectivity index (χ1v) is 10.2. The van der Waals surface area contributed by atoms with Crippen molar-refractivity contribution in [2.24, 2.45) is 0 Å². The van der Waals surface area contributed by atoms with E-state index in [1.165, 1.54) is 0 Å². The molecule has 6 nitrogen and oxygen atoms in total. The van der Waals surface area contributed by atoms with Crippen LogP contribution in [-0.2, 0) is 0 Å². The zero-order chi connectivity index (χ0) is 20.1. The van der Waals surface area contributed by atoms with Crippen molar-refractivity contribution in [3.05, 3.63) is 42.2 Å². The summed E-state index contributed by atoms with van der Waals surface area (Å²) in [6.07, 6.45) is 3.76. The Labute approximate surface area is 167 Å². The maximum Gasteiger partial charge on any atom is 0.251 e. The first-order valence-electron chi connectivity index (χ1n) is 10.2. The molecule has 1 aliphatic carbocycles. The molecule has 150 valence electrons. The second kappa shape index (κ2) is 9.15. The Morgan fingerprint density at radius 2 is 1.79 bits per heavy atom. The predicted molar refractivity (Wildman–Crippen MR) is 113 cm³/mol. The molecule has 0 unspecified atom stereocenters. The minimum Gasteiger partial charge on any atom is -0.369 e. The van der Waals surface area contributed by atoms with Gasteiger partial charge in [-0.15, -0.1) is 0 Å². The van der Waals surface area contributed by atoms with E-state index in [1.54, 1.807) is 6.33 Å². The van der Waals surface area contributed by atoms with Gasteiger partial charge in [-0.05, 0) is 52.7 Å². The first kappa shape index (κ1) is 20.3. The van der Waals surface area contributed by atoms with E-state index < -0.39 is 0 Å². The third-order valence-electron chi connectivity index (χ3n) is 5.03. The lowest BCUT2D eigenvalue weighted by Crippen LogP contribution is -2.40. The van der Waals surface area contributed by atoms with Crippen LogP contribution >= 0.6 is 0 Å². The summed E-state index contributed by atoms with van der Waals surface area (Å²) in [6, 6.07) is 10.9. The normalized spacial score (nSPS) is 14.0. The number of rotatable bonds is 9. The average Bonchev–Trinajstić information content (AvgIpc) is 3.49. The van der Waals surface area contributed by atoms with Crippen molar-refractivity contribution in [1.82, 2.24) is 20.2 Å². The molecule has 0 aliphatic heterocycles. The zero-order valence-electron chi connectivity index (χ0n) is 17.3. The number of amides is 1. The summed E-state index contributed by atoms with van der Waals surface area (Å²) in [5, 5.41) is 6.40. The average molecular weight is 382 g/mol. The second-order valence-electron chi connectivity index (χ2n) is 7.97. The fourth-order valence-corrected chi connectivity index (χ4v) is 3.33. The SMILES string of the molecule is CC(C)N(CCNc1cc(-c2ccc(C(=O)NC3CC3)cc2)ncn1)C(C)C. The minimum atomic E-state index is -0.000970. The van der Waals surface area contributed by atoms with Crippen molar-refractivity contribution >= 4 is 11.7 Å². The topological polar surface area (TPSA) is 70.2 Å². The summed E-state index contributed by atoms with van der Waals surface area (Å²) < 4.78 is 0. The molecule has 0 spiro atoms. The molecule has 1 saturated carbocycles. The molecule has 1 aromatic carbocycles.